The lowest BCUT2D eigenvalue weighted by molar-refractivity contribution is -0.132. The molecule has 0 bridgehead atoms. The summed E-state index contributed by atoms with van der Waals surface area (Å²) in [6.45, 7) is 0.922. The van der Waals surface area contributed by atoms with E-state index in [4.69, 9.17) is 5.11 Å². The van der Waals surface area contributed by atoms with Crippen LogP contribution in [0.25, 0.3) is 0 Å². The molecule has 70 valence electrons. The van der Waals surface area contributed by atoms with Gasteiger partial charge in [0.15, 0.2) is 0 Å². The normalized spacial score (nSPS) is 23.2. The summed E-state index contributed by atoms with van der Waals surface area (Å²) in [6, 6.07) is 0.0801. The number of hydrogen-bond donors (Lipinski definition) is 1. The van der Waals surface area contributed by atoms with Crippen molar-refractivity contribution in [3.05, 3.63) is 0 Å². The number of amides is 1. The molecule has 12 heavy (non-hydrogen) atoms. The van der Waals surface area contributed by atoms with Crippen molar-refractivity contribution in [1.82, 2.24) is 4.90 Å². The highest BCUT2D eigenvalue weighted by atomic mass is 79.9. The monoisotopic (exact) mass is 235 g/mol. The van der Waals surface area contributed by atoms with Gasteiger partial charge in [0, 0.05) is 18.3 Å². The smallest absolute Gasteiger partial charge is 0.223 e. The molecule has 0 aromatic heterocycles. The minimum Gasteiger partial charge on any atom is -0.394 e. The molecule has 4 heteroatoms. The van der Waals surface area contributed by atoms with Crippen LogP contribution in [0.4, 0.5) is 0 Å². The van der Waals surface area contributed by atoms with E-state index in [9.17, 15) is 4.79 Å². The van der Waals surface area contributed by atoms with E-state index in [1.807, 2.05) is 0 Å². The highest BCUT2D eigenvalue weighted by Gasteiger charge is 2.26. The third kappa shape index (κ3) is 2.20. The number of carbonyl (C=O) groups excluding carboxylic acids is 1. The Morgan fingerprint density at radius 2 is 2.42 bits per heavy atom. The Hall–Kier alpha value is -0.0900. The van der Waals surface area contributed by atoms with Crippen LogP contribution in [0.15, 0.2) is 0 Å². The van der Waals surface area contributed by atoms with E-state index in [1.165, 1.54) is 0 Å². The van der Waals surface area contributed by atoms with E-state index in [-0.39, 0.29) is 18.6 Å². The number of carbonyl (C=O) groups is 1. The van der Waals surface area contributed by atoms with E-state index in [0.29, 0.717) is 11.8 Å². The molecule has 0 saturated carbocycles. The minimum atomic E-state index is 0.0801. The molecule has 1 fully saturated rings. The average Bonchev–Trinajstić information content (AvgIpc) is 2.51. The molecule has 1 saturated heterocycles. The zero-order valence-electron chi connectivity index (χ0n) is 7.00. The molecule has 0 aromatic carbocycles. The molecule has 1 rings (SSSR count). The Bertz CT molecular complexity index is 163. The third-order valence-corrected chi connectivity index (χ3v) is 2.61. The van der Waals surface area contributed by atoms with E-state index in [0.717, 1.165) is 19.4 Å². The van der Waals surface area contributed by atoms with Crippen LogP contribution in [-0.2, 0) is 4.79 Å². The molecule has 0 aromatic rings. The van der Waals surface area contributed by atoms with Crippen molar-refractivity contribution in [2.24, 2.45) is 0 Å². The Balaban J connectivity index is 2.43. The van der Waals surface area contributed by atoms with Crippen LogP contribution < -0.4 is 0 Å². The van der Waals surface area contributed by atoms with Crippen LogP contribution >= 0.6 is 15.9 Å². The number of aliphatic hydroxyl groups excluding tert-OH is 1. The summed E-state index contributed by atoms with van der Waals surface area (Å²) < 4.78 is 0. The molecule has 1 amide bonds. The summed E-state index contributed by atoms with van der Waals surface area (Å²) in [5.74, 6) is 0.156. The minimum absolute atomic E-state index is 0.0801. The summed E-state index contributed by atoms with van der Waals surface area (Å²) in [6.07, 6.45) is 2.51. The van der Waals surface area contributed by atoms with Crippen molar-refractivity contribution in [3.8, 4) is 0 Å². The van der Waals surface area contributed by atoms with Gasteiger partial charge in [-0.2, -0.15) is 0 Å². The maximum absolute atomic E-state index is 11.4. The number of aliphatic hydroxyl groups is 1. The van der Waals surface area contributed by atoms with Gasteiger partial charge in [-0.15, -0.1) is 0 Å². The van der Waals surface area contributed by atoms with Crippen LogP contribution in [0.5, 0.6) is 0 Å². The molecule has 1 atom stereocenters. The van der Waals surface area contributed by atoms with Crippen molar-refractivity contribution in [1.29, 1.82) is 0 Å². The first kappa shape index (κ1) is 9.99. The quantitative estimate of drug-likeness (QED) is 0.735. The van der Waals surface area contributed by atoms with Gasteiger partial charge in [-0.3, -0.25) is 4.79 Å². The lowest BCUT2D eigenvalue weighted by Gasteiger charge is -2.22. The number of rotatable bonds is 3. The molecular weight excluding hydrogens is 222 g/mol. The van der Waals surface area contributed by atoms with Gasteiger partial charge in [-0.05, 0) is 12.8 Å². The summed E-state index contributed by atoms with van der Waals surface area (Å²) in [7, 11) is 0. The Morgan fingerprint density at radius 3 is 3.00 bits per heavy atom. The first-order valence-electron chi connectivity index (χ1n) is 4.26. The van der Waals surface area contributed by atoms with Crippen LogP contribution in [0.1, 0.15) is 19.3 Å². The number of halogens is 1. The topological polar surface area (TPSA) is 40.5 Å². The molecular formula is C8H14BrNO2. The second-order valence-corrected chi connectivity index (χ2v) is 3.80. The van der Waals surface area contributed by atoms with Gasteiger partial charge in [0.2, 0.25) is 5.91 Å². The number of alkyl halides is 1. The fraction of sp³-hybridized carbons (Fsp3) is 0.875. The third-order valence-electron chi connectivity index (χ3n) is 2.22. The highest BCUT2D eigenvalue weighted by molar-refractivity contribution is 9.09. The molecule has 0 spiro atoms. The van der Waals surface area contributed by atoms with Gasteiger partial charge in [0.25, 0.3) is 0 Å². The molecule has 1 N–H and O–H groups in total. The van der Waals surface area contributed by atoms with Crippen molar-refractivity contribution in [2.45, 2.75) is 25.3 Å². The van der Waals surface area contributed by atoms with E-state index in [1.54, 1.807) is 4.90 Å². The highest BCUT2D eigenvalue weighted by Crippen LogP contribution is 2.17. The standard InChI is InChI=1S/C8H14BrNO2/c9-4-3-8(12)10-5-1-2-7(10)6-11/h7,11H,1-6H2/t7-/m0/s1. The van der Waals surface area contributed by atoms with Crippen LogP contribution in [0, 0.1) is 0 Å². The molecule has 1 heterocycles. The number of nitrogens with zero attached hydrogens (tertiary/aromatic N) is 1. The van der Waals surface area contributed by atoms with Gasteiger partial charge in [-0.25, -0.2) is 0 Å². The van der Waals surface area contributed by atoms with Crippen molar-refractivity contribution in [3.63, 3.8) is 0 Å². The van der Waals surface area contributed by atoms with E-state index < -0.39 is 0 Å². The molecule has 0 radical (unpaired) electrons. The predicted molar refractivity (Wildman–Crippen MR) is 50.2 cm³/mol. The Kier molecular flexibility index (Phi) is 4.01. The molecule has 1 aliphatic rings. The maximum atomic E-state index is 11.4. The van der Waals surface area contributed by atoms with Gasteiger partial charge >= 0.3 is 0 Å². The lowest BCUT2D eigenvalue weighted by Crippen LogP contribution is -2.37. The van der Waals surface area contributed by atoms with Gasteiger partial charge in [-0.1, -0.05) is 15.9 Å². The van der Waals surface area contributed by atoms with Crippen molar-refractivity contribution in [2.75, 3.05) is 18.5 Å². The summed E-state index contributed by atoms with van der Waals surface area (Å²) >= 11 is 3.23. The van der Waals surface area contributed by atoms with Crippen molar-refractivity contribution < 1.29 is 9.90 Å². The summed E-state index contributed by atoms with van der Waals surface area (Å²) in [5.41, 5.74) is 0. The SMILES string of the molecule is O=C(CCBr)N1CCC[C@H]1CO. The van der Waals surface area contributed by atoms with Gasteiger partial charge in [0.1, 0.15) is 0 Å². The first-order valence-corrected chi connectivity index (χ1v) is 5.38. The fourth-order valence-corrected chi connectivity index (χ4v) is 1.92. The Labute approximate surface area is 80.9 Å². The largest absolute Gasteiger partial charge is 0.394 e. The van der Waals surface area contributed by atoms with Gasteiger partial charge < -0.3 is 10.0 Å². The lowest BCUT2D eigenvalue weighted by atomic mass is 10.2. The van der Waals surface area contributed by atoms with Crippen LogP contribution in [-0.4, -0.2) is 40.4 Å². The average molecular weight is 236 g/mol. The Morgan fingerprint density at radius 1 is 1.67 bits per heavy atom. The zero-order valence-corrected chi connectivity index (χ0v) is 8.59. The first-order chi connectivity index (χ1) is 5.79. The summed E-state index contributed by atoms with van der Waals surface area (Å²) in [4.78, 5) is 13.2. The molecule has 0 aliphatic carbocycles. The second-order valence-electron chi connectivity index (χ2n) is 3.00. The van der Waals surface area contributed by atoms with Gasteiger partial charge in [0.05, 0.1) is 12.6 Å². The number of likely N-dealkylation sites (tertiary alicyclic amines) is 1. The van der Waals surface area contributed by atoms with Crippen molar-refractivity contribution >= 4 is 21.8 Å². The maximum Gasteiger partial charge on any atom is 0.223 e. The van der Waals surface area contributed by atoms with E-state index >= 15 is 0 Å². The van der Waals surface area contributed by atoms with E-state index in [2.05, 4.69) is 15.9 Å². The summed E-state index contributed by atoms with van der Waals surface area (Å²) in [5, 5.41) is 9.66. The van der Waals surface area contributed by atoms with Crippen LogP contribution in [0.2, 0.25) is 0 Å². The second kappa shape index (κ2) is 4.82. The number of hydrogen-bond acceptors (Lipinski definition) is 2. The fourth-order valence-electron chi connectivity index (χ4n) is 1.58. The zero-order chi connectivity index (χ0) is 8.97. The molecule has 3 nitrogen and oxygen atoms in total. The van der Waals surface area contributed by atoms with Crippen LogP contribution in [0.3, 0.4) is 0 Å². The predicted octanol–water partition coefficient (Wildman–Crippen LogP) is 0.755. The molecule has 0 unspecified atom stereocenters. The molecule has 1 aliphatic heterocycles.